The first-order valence-electron chi connectivity index (χ1n) is 5.72. The van der Waals surface area contributed by atoms with E-state index in [2.05, 4.69) is 17.6 Å². The minimum absolute atomic E-state index is 0.0461. The lowest BCUT2D eigenvalue weighted by atomic mass is 10.0. The van der Waals surface area contributed by atoms with Gasteiger partial charge in [0.2, 0.25) is 0 Å². The third-order valence-corrected chi connectivity index (χ3v) is 3.35. The minimum atomic E-state index is -1.21. The number of nitrogens with zero attached hydrogens (tertiary/aromatic N) is 1. The molecule has 2 unspecified atom stereocenters. The van der Waals surface area contributed by atoms with Crippen molar-refractivity contribution in [2.24, 2.45) is 0 Å². The SMILES string of the molecule is O=c1c([N+](=O)[O-])c[nH]c2ccc(C(O)C(O)CS)cc12. The number of benzene rings is 1. The summed E-state index contributed by atoms with van der Waals surface area (Å²) in [4.78, 5) is 24.6. The first-order valence-corrected chi connectivity index (χ1v) is 6.35. The molecule has 0 spiro atoms. The Kier molecular flexibility index (Phi) is 4.07. The summed E-state index contributed by atoms with van der Waals surface area (Å²) in [5, 5.41) is 30.2. The van der Waals surface area contributed by atoms with Crippen LogP contribution in [0.2, 0.25) is 0 Å². The number of rotatable bonds is 4. The molecule has 0 saturated carbocycles. The van der Waals surface area contributed by atoms with E-state index in [9.17, 15) is 25.1 Å². The van der Waals surface area contributed by atoms with E-state index in [4.69, 9.17) is 0 Å². The molecule has 0 saturated heterocycles. The number of aliphatic hydroxyl groups is 2. The van der Waals surface area contributed by atoms with Gasteiger partial charge in [0, 0.05) is 11.3 Å². The molecule has 0 aliphatic carbocycles. The van der Waals surface area contributed by atoms with Crippen LogP contribution in [0.1, 0.15) is 11.7 Å². The van der Waals surface area contributed by atoms with Gasteiger partial charge < -0.3 is 15.2 Å². The zero-order valence-corrected chi connectivity index (χ0v) is 11.1. The molecule has 1 heterocycles. The summed E-state index contributed by atoms with van der Waals surface area (Å²) in [5.41, 5.74) is -0.598. The average Bonchev–Trinajstić information content (AvgIpc) is 2.45. The van der Waals surface area contributed by atoms with E-state index >= 15 is 0 Å². The maximum atomic E-state index is 12.0. The molecule has 1 aromatic heterocycles. The van der Waals surface area contributed by atoms with Crippen LogP contribution in [-0.2, 0) is 0 Å². The molecule has 106 valence electrons. The van der Waals surface area contributed by atoms with Crippen LogP contribution in [0.3, 0.4) is 0 Å². The molecule has 2 atom stereocenters. The summed E-state index contributed by atoms with van der Waals surface area (Å²) in [7, 11) is 0. The van der Waals surface area contributed by atoms with Crippen molar-refractivity contribution in [3.8, 4) is 0 Å². The second kappa shape index (κ2) is 5.61. The molecular weight excluding hydrogens is 284 g/mol. The molecule has 0 radical (unpaired) electrons. The highest BCUT2D eigenvalue weighted by Gasteiger charge is 2.19. The van der Waals surface area contributed by atoms with Crippen molar-refractivity contribution in [2.45, 2.75) is 12.2 Å². The molecule has 2 rings (SSSR count). The summed E-state index contributed by atoms with van der Waals surface area (Å²) in [6.45, 7) is 0. The molecular formula is C12H12N2O5S. The standard InChI is InChI=1S/C12H12N2O5S/c15-10(5-20)11(16)6-1-2-8-7(3-6)12(17)9(4-13-8)14(18)19/h1-4,10-11,15-16,20H,5H2,(H,13,17). The van der Waals surface area contributed by atoms with E-state index in [1.54, 1.807) is 0 Å². The summed E-state index contributed by atoms with van der Waals surface area (Å²) in [6, 6.07) is 4.38. The van der Waals surface area contributed by atoms with E-state index in [-0.39, 0.29) is 11.1 Å². The number of aliphatic hydroxyl groups excluding tert-OH is 2. The van der Waals surface area contributed by atoms with Crippen molar-refractivity contribution >= 4 is 29.2 Å². The van der Waals surface area contributed by atoms with Crippen LogP contribution in [0.5, 0.6) is 0 Å². The summed E-state index contributed by atoms with van der Waals surface area (Å²) < 4.78 is 0. The van der Waals surface area contributed by atoms with Crippen molar-refractivity contribution in [1.82, 2.24) is 4.98 Å². The third kappa shape index (κ3) is 2.53. The third-order valence-electron chi connectivity index (χ3n) is 2.98. The zero-order chi connectivity index (χ0) is 14.9. The van der Waals surface area contributed by atoms with Crippen LogP contribution in [0, 0.1) is 10.1 Å². The fourth-order valence-electron chi connectivity index (χ4n) is 1.87. The van der Waals surface area contributed by atoms with Gasteiger partial charge in [-0.1, -0.05) is 6.07 Å². The minimum Gasteiger partial charge on any atom is -0.389 e. The predicted molar refractivity (Wildman–Crippen MR) is 76.0 cm³/mol. The number of hydrogen-bond donors (Lipinski definition) is 4. The number of aromatic nitrogens is 1. The number of pyridine rings is 1. The molecule has 7 nitrogen and oxygen atoms in total. The molecule has 8 heteroatoms. The van der Waals surface area contributed by atoms with Gasteiger partial charge in [0.1, 0.15) is 6.10 Å². The monoisotopic (exact) mass is 296 g/mol. The number of fused-ring (bicyclic) bond motifs is 1. The lowest BCUT2D eigenvalue weighted by Gasteiger charge is -2.16. The number of nitrogens with one attached hydrogen (secondary N) is 1. The fourth-order valence-corrected chi connectivity index (χ4v) is 2.07. The van der Waals surface area contributed by atoms with Gasteiger partial charge in [-0.15, -0.1) is 0 Å². The van der Waals surface area contributed by atoms with Gasteiger partial charge in [0.05, 0.1) is 22.6 Å². The van der Waals surface area contributed by atoms with Crippen LogP contribution in [-0.4, -0.2) is 32.0 Å². The second-order valence-corrected chi connectivity index (χ2v) is 4.63. The van der Waals surface area contributed by atoms with Crippen molar-refractivity contribution < 1.29 is 15.1 Å². The van der Waals surface area contributed by atoms with Gasteiger partial charge >= 0.3 is 5.69 Å². The van der Waals surface area contributed by atoms with Crippen molar-refractivity contribution in [3.63, 3.8) is 0 Å². The lowest BCUT2D eigenvalue weighted by Crippen LogP contribution is -2.20. The van der Waals surface area contributed by atoms with Crippen LogP contribution in [0.4, 0.5) is 5.69 Å². The predicted octanol–water partition coefficient (Wildman–Crippen LogP) is 0.760. The van der Waals surface area contributed by atoms with Gasteiger partial charge in [-0.3, -0.25) is 14.9 Å². The molecule has 0 bridgehead atoms. The lowest BCUT2D eigenvalue weighted by molar-refractivity contribution is -0.386. The van der Waals surface area contributed by atoms with Crippen LogP contribution < -0.4 is 5.43 Å². The largest absolute Gasteiger partial charge is 0.389 e. The Bertz CT molecular complexity index is 715. The topological polar surface area (TPSA) is 116 Å². The Morgan fingerprint density at radius 2 is 2.10 bits per heavy atom. The Labute approximate surface area is 118 Å². The van der Waals surface area contributed by atoms with Crippen molar-refractivity contribution in [1.29, 1.82) is 0 Å². The van der Waals surface area contributed by atoms with Crippen LogP contribution in [0.15, 0.2) is 29.2 Å². The Morgan fingerprint density at radius 1 is 1.40 bits per heavy atom. The number of H-pyrrole nitrogens is 1. The van der Waals surface area contributed by atoms with Crippen molar-refractivity contribution in [3.05, 3.63) is 50.3 Å². The molecule has 20 heavy (non-hydrogen) atoms. The number of aromatic amines is 1. The number of nitro groups is 1. The highest BCUT2D eigenvalue weighted by atomic mass is 32.1. The summed E-state index contributed by atoms with van der Waals surface area (Å²) in [6.07, 6.45) is -1.27. The number of thiol groups is 1. The van der Waals surface area contributed by atoms with E-state index in [1.165, 1.54) is 18.2 Å². The molecule has 0 aliphatic heterocycles. The summed E-state index contributed by atoms with van der Waals surface area (Å²) in [5.74, 6) is 0.0461. The highest BCUT2D eigenvalue weighted by molar-refractivity contribution is 7.80. The van der Waals surface area contributed by atoms with Crippen LogP contribution in [0.25, 0.3) is 10.9 Å². The van der Waals surface area contributed by atoms with E-state index in [1.807, 2.05) is 0 Å². The molecule has 3 N–H and O–H groups in total. The Morgan fingerprint density at radius 3 is 2.70 bits per heavy atom. The molecule has 0 amide bonds. The fraction of sp³-hybridized carbons (Fsp3) is 0.250. The molecule has 1 aromatic carbocycles. The normalized spacial score (nSPS) is 14.2. The number of hydrogen-bond acceptors (Lipinski definition) is 6. The van der Waals surface area contributed by atoms with E-state index in [0.717, 1.165) is 6.20 Å². The van der Waals surface area contributed by atoms with Crippen LogP contribution >= 0.6 is 12.6 Å². The van der Waals surface area contributed by atoms with Gasteiger partial charge in [-0.05, 0) is 17.7 Å². The molecule has 0 fully saturated rings. The Hall–Kier alpha value is -1.90. The zero-order valence-electron chi connectivity index (χ0n) is 10.2. The smallest absolute Gasteiger partial charge is 0.332 e. The first-order chi connectivity index (χ1) is 9.45. The van der Waals surface area contributed by atoms with E-state index in [0.29, 0.717) is 11.1 Å². The van der Waals surface area contributed by atoms with Gasteiger partial charge in [0.25, 0.3) is 5.43 Å². The highest BCUT2D eigenvalue weighted by Crippen LogP contribution is 2.21. The van der Waals surface area contributed by atoms with E-state index < -0.39 is 28.2 Å². The van der Waals surface area contributed by atoms with Gasteiger partial charge in [-0.2, -0.15) is 12.6 Å². The summed E-state index contributed by atoms with van der Waals surface area (Å²) >= 11 is 3.87. The van der Waals surface area contributed by atoms with Crippen molar-refractivity contribution in [2.75, 3.05) is 5.75 Å². The van der Waals surface area contributed by atoms with Gasteiger partial charge in [0.15, 0.2) is 0 Å². The maximum absolute atomic E-state index is 12.0. The quantitative estimate of drug-likeness (QED) is 0.377. The first kappa shape index (κ1) is 14.5. The molecule has 2 aromatic rings. The van der Waals surface area contributed by atoms with Gasteiger partial charge in [-0.25, -0.2) is 0 Å². The second-order valence-electron chi connectivity index (χ2n) is 4.26. The average molecular weight is 296 g/mol. The Balaban J connectivity index is 2.60. The molecule has 0 aliphatic rings. The maximum Gasteiger partial charge on any atom is 0.332 e.